The van der Waals surface area contributed by atoms with Crippen LogP contribution in [0.25, 0.3) is 0 Å². The Labute approximate surface area is 121 Å². The number of Topliss-reactive ketones (excluding diaryl/α,β-unsaturated/α-hetero) is 1. The summed E-state index contributed by atoms with van der Waals surface area (Å²) in [6.45, 7) is 0. The summed E-state index contributed by atoms with van der Waals surface area (Å²) in [5.41, 5.74) is -1.45. The number of allylic oxidation sites excluding steroid dienone is 6. The number of alkyl halides is 2. The Morgan fingerprint density at radius 1 is 0.955 bits per heavy atom. The van der Waals surface area contributed by atoms with Crippen LogP contribution in [0.3, 0.4) is 0 Å². The number of rotatable bonds is 4. The van der Waals surface area contributed by atoms with Crippen molar-refractivity contribution in [3.8, 4) is 0 Å². The summed E-state index contributed by atoms with van der Waals surface area (Å²) < 4.78 is 66.1. The molecule has 0 N–H and O–H groups in total. The maximum absolute atomic E-state index is 13.5. The van der Waals surface area contributed by atoms with E-state index in [2.05, 4.69) is 0 Å². The molecular weight excluding hydrogens is 311 g/mol. The third-order valence-corrected chi connectivity index (χ3v) is 3.47. The van der Waals surface area contributed by atoms with Crippen LogP contribution in [0.2, 0.25) is 0 Å². The molecule has 2 unspecified atom stereocenters. The lowest BCUT2D eigenvalue weighted by Gasteiger charge is -2.20. The lowest BCUT2D eigenvalue weighted by molar-refractivity contribution is -0.126. The molecule has 2 aliphatic rings. The van der Waals surface area contributed by atoms with Gasteiger partial charge in [0.1, 0.15) is 0 Å². The molecule has 0 aliphatic heterocycles. The predicted molar refractivity (Wildman–Crippen MR) is 64.1 cm³/mol. The molecule has 0 amide bonds. The molecular formula is C14H9F5O3. The van der Waals surface area contributed by atoms with Crippen molar-refractivity contribution in [3.05, 3.63) is 35.2 Å². The van der Waals surface area contributed by atoms with Gasteiger partial charge in [-0.3, -0.25) is 14.4 Å². The van der Waals surface area contributed by atoms with Crippen LogP contribution in [0.15, 0.2) is 35.2 Å². The van der Waals surface area contributed by atoms with E-state index in [1.54, 1.807) is 0 Å². The van der Waals surface area contributed by atoms with Crippen molar-refractivity contribution >= 4 is 17.3 Å². The van der Waals surface area contributed by atoms with Crippen LogP contribution in [0.5, 0.6) is 0 Å². The zero-order valence-corrected chi connectivity index (χ0v) is 10.9. The van der Waals surface area contributed by atoms with Crippen molar-refractivity contribution in [3.63, 3.8) is 0 Å². The van der Waals surface area contributed by atoms with Crippen molar-refractivity contribution in [2.24, 2.45) is 5.92 Å². The van der Waals surface area contributed by atoms with Gasteiger partial charge in [-0.2, -0.15) is 0 Å². The second-order valence-corrected chi connectivity index (χ2v) is 4.85. The minimum absolute atomic E-state index is 0.349. The van der Waals surface area contributed by atoms with Gasteiger partial charge >= 0.3 is 0 Å². The molecule has 118 valence electrons. The van der Waals surface area contributed by atoms with Crippen molar-refractivity contribution in [1.29, 1.82) is 0 Å². The smallest absolute Gasteiger partial charge is 0.193 e. The van der Waals surface area contributed by atoms with Crippen LogP contribution >= 0.6 is 0 Å². The van der Waals surface area contributed by atoms with Gasteiger partial charge < -0.3 is 0 Å². The molecule has 0 aromatic carbocycles. The van der Waals surface area contributed by atoms with Crippen LogP contribution in [0.4, 0.5) is 22.0 Å². The van der Waals surface area contributed by atoms with Crippen molar-refractivity contribution < 1.29 is 36.3 Å². The van der Waals surface area contributed by atoms with Crippen LogP contribution in [0.1, 0.15) is 12.8 Å². The summed E-state index contributed by atoms with van der Waals surface area (Å²) in [7, 11) is 0. The van der Waals surface area contributed by atoms with Gasteiger partial charge in [0, 0.05) is 6.42 Å². The zero-order valence-electron chi connectivity index (χ0n) is 10.9. The van der Waals surface area contributed by atoms with Gasteiger partial charge in [0.05, 0.1) is 11.5 Å². The van der Waals surface area contributed by atoms with E-state index in [1.807, 2.05) is 0 Å². The first-order chi connectivity index (χ1) is 10.3. The standard InChI is InChI=1S/C14H9F5O3/c15-10-9(11(16)13(18)14(19)12(10)17)8(22)2-1-5-6(20)3-4-7(5)21/h3-5,10,12H,1-2H2. The number of hydrogen-bond acceptors (Lipinski definition) is 3. The molecule has 3 nitrogen and oxygen atoms in total. The fourth-order valence-electron chi connectivity index (χ4n) is 2.25. The highest BCUT2D eigenvalue weighted by molar-refractivity contribution is 6.18. The molecule has 0 heterocycles. The quantitative estimate of drug-likeness (QED) is 0.591. The molecule has 2 atom stereocenters. The van der Waals surface area contributed by atoms with E-state index in [4.69, 9.17) is 0 Å². The van der Waals surface area contributed by atoms with E-state index < -0.39 is 65.1 Å². The SMILES string of the molecule is O=C(CCC1C(=O)C=CC1=O)C1=C(F)C(F)=C(F)C(F)C1F. The molecule has 2 rings (SSSR count). The number of ketones is 3. The monoisotopic (exact) mass is 320 g/mol. The summed E-state index contributed by atoms with van der Waals surface area (Å²) in [6, 6.07) is 0. The van der Waals surface area contributed by atoms with Crippen molar-refractivity contribution in [2.75, 3.05) is 0 Å². The molecule has 22 heavy (non-hydrogen) atoms. The topological polar surface area (TPSA) is 51.2 Å². The van der Waals surface area contributed by atoms with Crippen molar-refractivity contribution in [1.82, 2.24) is 0 Å². The number of carbonyl (C=O) groups is 3. The Kier molecular flexibility index (Phi) is 4.39. The first kappa shape index (κ1) is 16.3. The Hall–Kier alpha value is -2.12. The highest BCUT2D eigenvalue weighted by atomic mass is 19.2. The first-order valence-corrected chi connectivity index (χ1v) is 6.28. The van der Waals surface area contributed by atoms with Gasteiger partial charge in [0.2, 0.25) is 0 Å². The molecule has 8 heteroatoms. The predicted octanol–water partition coefficient (Wildman–Crippen LogP) is 2.72. The Bertz CT molecular complexity index is 629. The second-order valence-electron chi connectivity index (χ2n) is 4.85. The molecule has 0 aromatic rings. The largest absolute Gasteiger partial charge is 0.294 e. The fourth-order valence-corrected chi connectivity index (χ4v) is 2.25. The zero-order chi connectivity index (χ0) is 16.6. The van der Waals surface area contributed by atoms with E-state index in [0.717, 1.165) is 12.2 Å². The number of halogens is 5. The second kappa shape index (κ2) is 5.94. The molecule has 2 aliphatic carbocycles. The van der Waals surface area contributed by atoms with Crippen LogP contribution in [-0.2, 0) is 14.4 Å². The van der Waals surface area contributed by atoms with Gasteiger partial charge in [0.15, 0.2) is 47.2 Å². The van der Waals surface area contributed by atoms with Crippen molar-refractivity contribution in [2.45, 2.75) is 25.2 Å². The molecule has 0 radical (unpaired) electrons. The Balaban J connectivity index is 2.15. The first-order valence-electron chi connectivity index (χ1n) is 6.28. The van der Waals surface area contributed by atoms with Crippen LogP contribution in [0, 0.1) is 5.92 Å². The normalized spacial score (nSPS) is 26.4. The van der Waals surface area contributed by atoms with Gasteiger partial charge in [0.25, 0.3) is 0 Å². The van der Waals surface area contributed by atoms with Gasteiger partial charge in [-0.15, -0.1) is 0 Å². The number of carbonyl (C=O) groups excluding carboxylic acids is 3. The molecule has 0 spiro atoms. The maximum atomic E-state index is 13.5. The summed E-state index contributed by atoms with van der Waals surface area (Å²) in [5, 5.41) is 0. The summed E-state index contributed by atoms with van der Waals surface area (Å²) in [4.78, 5) is 34.3. The van der Waals surface area contributed by atoms with E-state index in [9.17, 15) is 36.3 Å². The lowest BCUT2D eigenvalue weighted by atomic mass is 9.90. The minimum Gasteiger partial charge on any atom is -0.294 e. The van der Waals surface area contributed by atoms with E-state index in [-0.39, 0.29) is 6.42 Å². The fraction of sp³-hybridized carbons (Fsp3) is 0.357. The Morgan fingerprint density at radius 3 is 2.05 bits per heavy atom. The summed E-state index contributed by atoms with van der Waals surface area (Å²) >= 11 is 0. The van der Waals surface area contributed by atoms with Crippen LogP contribution < -0.4 is 0 Å². The van der Waals surface area contributed by atoms with Gasteiger partial charge in [-0.1, -0.05) is 0 Å². The molecule has 0 fully saturated rings. The minimum atomic E-state index is -3.10. The molecule has 0 saturated carbocycles. The molecule has 0 bridgehead atoms. The van der Waals surface area contributed by atoms with E-state index in [1.165, 1.54) is 0 Å². The third kappa shape index (κ3) is 2.65. The average molecular weight is 320 g/mol. The van der Waals surface area contributed by atoms with Gasteiger partial charge in [-0.05, 0) is 18.6 Å². The van der Waals surface area contributed by atoms with Gasteiger partial charge in [-0.25, -0.2) is 22.0 Å². The maximum Gasteiger partial charge on any atom is 0.193 e. The molecule has 0 aromatic heterocycles. The van der Waals surface area contributed by atoms with E-state index in [0.29, 0.717) is 0 Å². The summed E-state index contributed by atoms with van der Waals surface area (Å²) in [6.07, 6.45) is -5.09. The van der Waals surface area contributed by atoms with Crippen LogP contribution in [-0.4, -0.2) is 29.7 Å². The molecule has 0 saturated heterocycles. The number of hydrogen-bond donors (Lipinski definition) is 0. The highest BCUT2D eigenvalue weighted by Gasteiger charge is 2.43. The Morgan fingerprint density at radius 2 is 1.50 bits per heavy atom. The lowest BCUT2D eigenvalue weighted by Crippen LogP contribution is -2.30. The van der Waals surface area contributed by atoms with E-state index >= 15 is 0 Å². The summed E-state index contributed by atoms with van der Waals surface area (Å²) in [5.74, 6) is -10.2. The average Bonchev–Trinajstić information content (AvgIpc) is 2.80. The third-order valence-electron chi connectivity index (χ3n) is 3.47. The highest BCUT2D eigenvalue weighted by Crippen LogP contribution is 2.37.